The van der Waals surface area contributed by atoms with Crippen LogP contribution in [0.2, 0.25) is 0 Å². The van der Waals surface area contributed by atoms with E-state index in [1.54, 1.807) is 7.11 Å². The van der Waals surface area contributed by atoms with E-state index in [0.29, 0.717) is 11.8 Å². The monoisotopic (exact) mass is 296 g/mol. The third kappa shape index (κ3) is 2.79. The van der Waals surface area contributed by atoms with Gasteiger partial charge in [-0.3, -0.25) is 4.57 Å². The number of halogens is 1. The van der Waals surface area contributed by atoms with E-state index in [-0.39, 0.29) is 0 Å². The van der Waals surface area contributed by atoms with Gasteiger partial charge < -0.3 is 9.47 Å². The van der Waals surface area contributed by atoms with Gasteiger partial charge in [0.15, 0.2) is 0 Å². The normalized spacial score (nSPS) is 10.3. The Hall–Kier alpha value is -1.49. The number of aryl methyl sites for hydroxylation is 1. The van der Waals surface area contributed by atoms with E-state index in [1.807, 2.05) is 42.0 Å². The van der Waals surface area contributed by atoms with Crippen molar-refractivity contribution in [2.45, 2.75) is 13.5 Å². The molecule has 2 rings (SSSR count). The number of nitrogens with zero attached hydrogens (tertiary/aromatic N) is 2. The Morgan fingerprint density at radius 1 is 1.35 bits per heavy atom. The minimum Gasteiger partial charge on any atom is -0.497 e. The lowest BCUT2D eigenvalue weighted by atomic mass is 10.3. The summed E-state index contributed by atoms with van der Waals surface area (Å²) in [6.45, 7) is 2.84. The van der Waals surface area contributed by atoms with Crippen molar-refractivity contribution >= 4 is 15.9 Å². The van der Waals surface area contributed by atoms with Gasteiger partial charge in [0.05, 0.1) is 7.11 Å². The SMILES string of the molecule is CCn1cc(Br)nc1Oc1cccc(OC)c1. The molecule has 4 nitrogen and oxygen atoms in total. The highest BCUT2D eigenvalue weighted by atomic mass is 79.9. The maximum absolute atomic E-state index is 5.71. The summed E-state index contributed by atoms with van der Waals surface area (Å²) in [5.74, 6) is 1.47. The second-order valence-electron chi connectivity index (χ2n) is 3.41. The molecule has 0 amide bonds. The van der Waals surface area contributed by atoms with Gasteiger partial charge in [-0.05, 0) is 35.0 Å². The van der Waals surface area contributed by atoms with E-state index in [1.165, 1.54) is 0 Å². The largest absolute Gasteiger partial charge is 0.497 e. The number of rotatable bonds is 4. The molecule has 0 fully saturated rings. The number of imidazole rings is 1. The molecule has 5 heteroatoms. The number of methoxy groups -OCH3 is 1. The zero-order chi connectivity index (χ0) is 12.3. The van der Waals surface area contributed by atoms with Crippen molar-refractivity contribution in [3.05, 3.63) is 35.1 Å². The van der Waals surface area contributed by atoms with Gasteiger partial charge in [0.2, 0.25) is 0 Å². The molecule has 0 saturated carbocycles. The first-order valence-corrected chi connectivity index (χ1v) is 6.06. The number of hydrogen-bond acceptors (Lipinski definition) is 3. The van der Waals surface area contributed by atoms with Gasteiger partial charge in [0.25, 0.3) is 0 Å². The van der Waals surface area contributed by atoms with Crippen LogP contribution in [0.1, 0.15) is 6.92 Å². The minimum atomic E-state index is 0.563. The topological polar surface area (TPSA) is 36.3 Å². The fourth-order valence-corrected chi connectivity index (χ4v) is 1.85. The molecule has 0 unspecified atom stereocenters. The van der Waals surface area contributed by atoms with E-state index in [9.17, 15) is 0 Å². The van der Waals surface area contributed by atoms with Gasteiger partial charge >= 0.3 is 6.01 Å². The summed E-state index contributed by atoms with van der Waals surface area (Å²) in [6, 6.07) is 8.00. The molecule has 0 aliphatic carbocycles. The Labute approximate surface area is 108 Å². The number of ether oxygens (including phenoxy) is 2. The second kappa shape index (κ2) is 5.23. The summed E-state index contributed by atoms with van der Waals surface area (Å²) in [5.41, 5.74) is 0. The van der Waals surface area contributed by atoms with Gasteiger partial charge in [-0.2, -0.15) is 4.98 Å². The van der Waals surface area contributed by atoms with Crippen molar-refractivity contribution in [2.24, 2.45) is 0 Å². The molecule has 2 aromatic rings. The zero-order valence-corrected chi connectivity index (χ0v) is 11.3. The van der Waals surface area contributed by atoms with Crippen molar-refractivity contribution in [3.8, 4) is 17.5 Å². The fraction of sp³-hybridized carbons (Fsp3) is 0.250. The van der Waals surface area contributed by atoms with Crippen LogP contribution in [0.5, 0.6) is 17.5 Å². The molecule has 0 bridgehead atoms. The molecule has 1 aromatic heterocycles. The second-order valence-corrected chi connectivity index (χ2v) is 4.23. The van der Waals surface area contributed by atoms with E-state index < -0.39 is 0 Å². The molecule has 0 aliphatic heterocycles. The molecule has 0 atom stereocenters. The predicted molar refractivity (Wildman–Crippen MR) is 68.7 cm³/mol. The Morgan fingerprint density at radius 2 is 2.12 bits per heavy atom. The quantitative estimate of drug-likeness (QED) is 0.867. The number of benzene rings is 1. The Morgan fingerprint density at radius 3 is 2.82 bits per heavy atom. The maximum atomic E-state index is 5.71. The lowest BCUT2D eigenvalue weighted by Gasteiger charge is -2.07. The Balaban J connectivity index is 2.24. The van der Waals surface area contributed by atoms with Crippen LogP contribution in [0.4, 0.5) is 0 Å². The van der Waals surface area contributed by atoms with Crippen molar-refractivity contribution < 1.29 is 9.47 Å². The van der Waals surface area contributed by atoms with Crippen LogP contribution in [0, 0.1) is 0 Å². The molecular weight excluding hydrogens is 284 g/mol. The van der Waals surface area contributed by atoms with Crippen molar-refractivity contribution in [1.29, 1.82) is 0 Å². The van der Waals surface area contributed by atoms with Crippen LogP contribution < -0.4 is 9.47 Å². The minimum absolute atomic E-state index is 0.563. The van der Waals surface area contributed by atoms with Crippen molar-refractivity contribution in [2.75, 3.05) is 7.11 Å². The molecule has 0 spiro atoms. The van der Waals surface area contributed by atoms with Gasteiger partial charge in [-0.15, -0.1) is 0 Å². The van der Waals surface area contributed by atoms with Crippen LogP contribution in [-0.2, 0) is 6.54 Å². The summed E-state index contributed by atoms with van der Waals surface area (Å²) in [7, 11) is 1.63. The van der Waals surface area contributed by atoms with Gasteiger partial charge in [-0.25, -0.2) is 0 Å². The average molecular weight is 297 g/mol. The van der Waals surface area contributed by atoms with Crippen LogP contribution in [-0.4, -0.2) is 16.7 Å². The molecule has 1 aromatic carbocycles. The number of hydrogen-bond donors (Lipinski definition) is 0. The molecule has 0 aliphatic rings. The van der Waals surface area contributed by atoms with E-state index in [2.05, 4.69) is 20.9 Å². The van der Waals surface area contributed by atoms with Crippen LogP contribution in [0.15, 0.2) is 35.1 Å². The summed E-state index contributed by atoms with van der Waals surface area (Å²) in [5, 5.41) is 0. The van der Waals surface area contributed by atoms with Crippen molar-refractivity contribution in [1.82, 2.24) is 9.55 Å². The zero-order valence-electron chi connectivity index (χ0n) is 9.68. The predicted octanol–water partition coefficient (Wildman–Crippen LogP) is 3.47. The molecular formula is C12H13BrN2O2. The van der Waals surface area contributed by atoms with Gasteiger partial charge in [0, 0.05) is 18.8 Å². The smallest absolute Gasteiger partial charge is 0.302 e. The third-order valence-corrected chi connectivity index (χ3v) is 2.68. The highest BCUT2D eigenvalue weighted by Crippen LogP contribution is 2.25. The highest BCUT2D eigenvalue weighted by molar-refractivity contribution is 9.10. The third-order valence-electron chi connectivity index (χ3n) is 2.30. The number of aromatic nitrogens is 2. The van der Waals surface area contributed by atoms with Gasteiger partial charge in [-0.1, -0.05) is 6.07 Å². The summed E-state index contributed by atoms with van der Waals surface area (Å²) in [4.78, 5) is 4.25. The standard InChI is InChI=1S/C12H13BrN2O2/c1-3-15-8-11(13)14-12(15)17-10-6-4-5-9(7-10)16-2/h4-8H,3H2,1-2H3. The molecule has 0 radical (unpaired) electrons. The van der Waals surface area contributed by atoms with Crippen molar-refractivity contribution in [3.63, 3.8) is 0 Å². The molecule has 0 N–H and O–H groups in total. The van der Waals surface area contributed by atoms with Crippen LogP contribution >= 0.6 is 15.9 Å². The molecule has 0 saturated heterocycles. The lowest BCUT2D eigenvalue weighted by molar-refractivity contribution is 0.396. The Bertz CT molecular complexity index is 511. The van der Waals surface area contributed by atoms with E-state index in [0.717, 1.165) is 16.9 Å². The van der Waals surface area contributed by atoms with E-state index in [4.69, 9.17) is 9.47 Å². The fourth-order valence-electron chi connectivity index (χ4n) is 1.45. The Kier molecular flexibility index (Phi) is 3.68. The van der Waals surface area contributed by atoms with Gasteiger partial charge in [0.1, 0.15) is 16.1 Å². The highest BCUT2D eigenvalue weighted by Gasteiger charge is 2.07. The lowest BCUT2D eigenvalue weighted by Crippen LogP contribution is -1.97. The summed E-state index contributed by atoms with van der Waals surface area (Å²) in [6.07, 6.45) is 1.88. The summed E-state index contributed by atoms with van der Waals surface area (Å²) >= 11 is 3.33. The molecule has 17 heavy (non-hydrogen) atoms. The first kappa shape index (κ1) is 12.0. The van der Waals surface area contributed by atoms with Crippen LogP contribution in [0.3, 0.4) is 0 Å². The maximum Gasteiger partial charge on any atom is 0.302 e. The first-order valence-electron chi connectivity index (χ1n) is 5.27. The molecule has 90 valence electrons. The molecule has 1 heterocycles. The van der Waals surface area contributed by atoms with Crippen LogP contribution in [0.25, 0.3) is 0 Å². The van der Waals surface area contributed by atoms with E-state index >= 15 is 0 Å². The summed E-state index contributed by atoms with van der Waals surface area (Å²) < 4.78 is 13.5. The first-order chi connectivity index (χ1) is 8.22. The average Bonchev–Trinajstić information content (AvgIpc) is 2.69.